The molecular weight excluding hydrogens is 264 g/mol. The first kappa shape index (κ1) is 15.1. The normalized spacial score (nSPS) is 13.9. The van der Waals surface area contributed by atoms with Gasteiger partial charge in [-0.3, -0.25) is 0 Å². The topological polar surface area (TPSA) is 0 Å². The van der Waals surface area contributed by atoms with E-state index < -0.39 is 0 Å². The summed E-state index contributed by atoms with van der Waals surface area (Å²) >= 11 is 6.55. The molecule has 0 aromatic heterocycles. The van der Waals surface area contributed by atoms with Gasteiger partial charge in [0.05, 0.1) is 5.38 Å². The van der Waals surface area contributed by atoms with Crippen LogP contribution in [0.1, 0.15) is 48.8 Å². The Kier molecular flexibility index (Phi) is 5.67. The van der Waals surface area contributed by atoms with Crippen LogP contribution in [0.4, 0.5) is 0 Å². The third-order valence-electron chi connectivity index (χ3n) is 3.79. The van der Waals surface area contributed by atoms with Crippen molar-refractivity contribution >= 4 is 11.6 Å². The van der Waals surface area contributed by atoms with Crippen molar-refractivity contribution in [3.63, 3.8) is 0 Å². The number of alkyl halides is 1. The van der Waals surface area contributed by atoms with Crippen molar-refractivity contribution in [2.75, 3.05) is 0 Å². The molecule has 0 aliphatic carbocycles. The Labute approximate surface area is 127 Å². The molecule has 0 nitrogen and oxygen atoms in total. The van der Waals surface area contributed by atoms with Crippen LogP contribution in [-0.4, -0.2) is 0 Å². The quantitative estimate of drug-likeness (QED) is 0.572. The van der Waals surface area contributed by atoms with Crippen LogP contribution in [0.25, 0.3) is 0 Å². The Hall–Kier alpha value is -1.27. The molecule has 0 aliphatic heterocycles. The number of hydrogen-bond acceptors (Lipinski definition) is 0. The highest BCUT2D eigenvalue weighted by Gasteiger charge is 2.15. The molecule has 0 saturated heterocycles. The zero-order chi connectivity index (χ0) is 14.4. The first-order chi connectivity index (χ1) is 9.70. The van der Waals surface area contributed by atoms with Gasteiger partial charge in [-0.2, -0.15) is 0 Å². The van der Waals surface area contributed by atoms with Gasteiger partial charge >= 0.3 is 0 Å². The van der Waals surface area contributed by atoms with Crippen molar-refractivity contribution < 1.29 is 0 Å². The lowest BCUT2D eigenvalue weighted by molar-refractivity contribution is 0.507. The molecule has 0 saturated carbocycles. The van der Waals surface area contributed by atoms with E-state index in [4.69, 9.17) is 11.6 Å². The zero-order valence-corrected chi connectivity index (χ0v) is 13.1. The molecule has 0 fully saturated rings. The zero-order valence-electron chi connectivity index (χ0n) is 12.4. The summed E-state index contributed by atoms with van der Waals surface area (Å²) in [6.45, 7) is 4.45. The summed E-state index contributed by atoms with van der Waals surface area (Å²) in [6, 6.07) is 19.3. The third-order valence-corrected chi connectivity index (χ3v) is 4.47. The average molecular weight is 287 g/mol. The molecule has 0 bridgehead atoms. The van der Waals surface area contributed by atoms with Crippen LogP contribution in [0.5, 0.6) is 0 Å². The highest BCUT2D eigenvalue weighted by molar-refractivity contribution is 6.21. The highest BCUT2D eigenvalue weighted by atomic mass is 35.5. The van der Waals surface area contributed by atoms with E-state index in [-0.39, 0.29) is 5.38 Å². The second-order valence-corrected chi connectivity index (χ2v) is 6.04. The van der Waals surface area contributed by atoms with Gasteiger partial charge in [0, 0.05) is 0 Å². The van der Waals surface area contributed by atoms with Crippen LogP contribution in [0, 0.1) is 5.92 Å². The minimum atomic E-state index is 0.126. The van der Waals surface area contributed by atoms with Crippen LogP contribution in [-0.2, 0) is 6.42 Å². The van der Waals surface area contributed by atoms with E-state index in [1.807, 2.05) is 0 Å². The summed E-state index contributed by atoms with van der Waals surface area (Å²) in [5.74, 6) is 0.529. The van der Waals surface area contributed by atoms with Crippen molar-refractivity contribution in [2.24, 2.45) is 5.92 Å². The van der Waals surface area contributed by atoms with Crippen LogP contribution in [0.15, 0.2) is 54.6 Å². The number of halogens is 1. The predicted molar refractivity (Wildman–Crippen MR) is 88.4 cm³/mol. The Morgan fingerprint density at radius 1 is 0.900 bits per heavy atom. The smallest absolute Gasteiger partial charge is 0.0610 e. The maximum Gasteiger partial charge on any atom is 0.0610 e. The Bertz CT molecular complexity index is 501. The second-order valence-electron chi connectivity index (χ2n) is 5.57. The molecule has 2 aromatic carbocycles. The lowest BCUT2D eigenvalue weighted by atomic mass is 9.95. The molecule has 20 heavy (non-hydrogen) atoms. The molecule has 1 heteroatoms. The fourth-order valence-corrected chi connectivity index (χ4v) is 2.85. The SMILES string of the molecule is CCCC(C)C(Cl)c1ccc(Cc2ccccc2)cc1. The van der Waals surface area contributed by atoms with E-state index in [1.165, 1.54) is 29.5 Å². The molecule has 106 valence electrons. The van der Waals surface area contributed by atoms with Gasteiger partial charge in [-0.05, 0) is 35.4 Å². The highest BCUT2D eigenvalue weighted by Crippen LogP contribution is 2.31. The summed E-state index contributed by atoms with van der Waals surface area (Å²) in [5, 5.41) is 0.126. The fourth-order valence-electron chi connectivity index (χ4n) is 2.58. The van der Waals surface area contributed by atoms with Gasteiger partial charge in [-0.1, -0.05) is 74.9 Å². The lowest BCUT2D eigenvalue weighted by Gasteiger charge is -2.18. The number of benzene rings is 2. The summed E-state index contributed by atoms with van der Waals surface area (Å²) in [6.07, 6.45) is 3.36. The first-order valence-corrected chi connectivity index (χ1v) is 7.91. The van der Waals surface area contributed by atoms with E-state index in [2.05, 4.69) is 68.4 Å². The van der Waals surface area contributed by atoms with E-state index in [0.29, 0.717) is 5.92 Å². The Balaban J connectivity index is 2.03. The molecular formula is C19H23Cl. The minimum absolute atomic E-state index is 0.126. The van der Waals surface area contributed by atoms with Gasteiger partial charge in [0.2, 0.25) is 0 Å². The maximum absolute atomic E-state index is 6.55. The molecule has 2 atom stereocenters. The molecule has 2 aromatic rings. The minimum Gasteiger partial charge on any atom is -0.118 e. The molecule has 0 aliphatic rings. The molecule has 2 unspecified atom stereocenters. The summed E-state index contributed by atoms with van der Waals surface area (Å²) in [5.41, 5.74) is 3.93. The monoisotopic (exact) mass is 286 g/mol. The van der Waals surface area contributed by atoms with Crippen LogP contribution in [0.3, 0.4) is 0 Å². The summed E-state index contributed by atoms with van der Waals surface area (Å²) < 4.78 is 0. The molecule has 0 spiro atoms. The van der Waals surface area contributed by atoms with Crippen LogP contribution >= 0.6 is 11.6 Å². The molecule has 0 radical (unpaired) electrons. The number of hydrogen-bond donors (Lipinski definition) is 0. The van der Waals surface area contributed by atoms with Crippen molar-refractivity contribution in [3.05, 3.63) is 71.3 Å². The maximum atomic E-state index is 6.55. The van der Waals surface area contributed by atoms with E-state index >= 15 is 0 Å². The lowest BCUT2D eigenvalue weighted by Crippen LogP contribution is -2.03. The van der Waals surface area contributed by atoms with Crippen molar-refractivity contribution in [2.45, 2.75) is 38.5 Å². The first-order valence-electron chi connectivity index (χ1n) is 7.47. The summed E-state index contributed by atoms with van der Waals surface area (Å²) in [7, 11) is 0. The van der Waals surface area contributed by atoms with Crippen LogP contribution < -0.4 is 0 Å². The Morgan fingerprint density at radius 2 is 1.50 bits per heavy atom. The molecule has 0 amide bonds. The van der Waals surface area contributed by atoms with Gasteiger partial charge in [0.25, 0.3) is 0 Å². The van der Waals surface area contributed by atoms with Gasteiger partial charge in [-0.25, -0.2) is 0 Å². The van der Waals surface area contributed by atoms with E-state index in [1.54, 1.807) is 0 Å². The van der Waals surface area contributed by atoms with Gasteiger partial charge in [-0.15, -0.1) is 11.6 Å². The number of rotatable bonds is 6. The molecule has 0 N–H and O–H groups in total. The summed E-state index contributed by atoms with van der Waals surface area (Å²) in [4.78, 5) is 0. The van der Waals surface area contributed by atoms with Crippen LogP contribution in [0.2, 0.25) is 0 Å². The average Bonchev–Trinajstić information content (AvgIpc) is 2.48. The second kappa shape index (κ2) is 7.50. The predicted octanol–water partition coefficient (Wildman–Crippen LogP) is 5.99. The fraction of sp³-hybridized carbons (Fsp3) is 0.368. The van der Waals surface area contributed by atoms with Crippen molar-refractivity contribution in [1.82, 2.24) is 0 Å². The van der Waals surface area contributed by atoms with E-state index in [9.17, 15) is 0 Å². The van der Waals surface area contributed by atoms with Gasteiger partial charge < -0.3 is 0 Å². The van der Waals surface area contributed by atoms with Gasteiger partial charge in [0.15, 0.2) is 0 Å². The van der Waals surface area contributed by atoms with Crippen molar-refractivity contribution in [3.8, 4) is 0 Å². The largest absolute Gasteiger partial charge is 0.118 e. The van der Waals surface area contributed by atoms with Gasteiger partial charge in [0.1, 0.15) is 0 Å². The van der Waals surface area contributed by atoms with E-state index in [0.717, 1.165) is 6.42 Å². The third kappa shape index (κ3) is 4.11. The Morgan fingerprint density at radius 3 is 2.10 bits per heavy atom. The standard InChI is InChI=1S/C19H23Cl/c1-3-7-15(2)19(20)18-12-10-17(11-13-18)14-16-8-5-4-6-9-16/h4-6,8-13,15,19H,3,7,14H2,1-2H3. The molecule has 0 heterocycles. The van der Waals surface area contributed by atoms with Crippen molar-refractivity contribution in [1.29, 1.82) is 0 Å². The molecule has 2 rings (SSSR count).